The van der Waals surface area contributed by atoms with E-state index in [2.05, 4.69) is 6.92 Å². The third kappa shape index (κ3) is 0.752. The number of rotatable bonds is 2. The smallest absolute Gasteiger partial charge is 0.0875 e. The van der Waals surface area contributed by atoms with E-state index < -0.39 is 0 Å². The fourth-order valence-electron chi connectivity index (χ4n) is 3.44. The van der Waals surface area contributed by atoms with Crippen molar-refractivity contribution in [2.24, 2.45) is 17.8 Å². The van der Waals surface area contributed by atoms with Crippen LogP contribution in [0.15, 0.2) is 0 Å². The molecule has 1 aliphatic heterocycles. The van der Waals surface area contributed by atoms with Crippen LogP contribution < -0.4 is 0 Å². The van der Waals surface area contributed by atoms with Gasteiger partial charge in [0.1, 0.15) is 0 Å². The van der Waals surface area contributed by atoms with E-state index in [1.165, 1.54) is 25.7 Å². The zero-order valence-corrected chi connectivity index (χ0v) is 7.12. The van der Waals surface area contributed by atoms with Crippen molar-refractivity contribution >= 4 is 0 Å². The van der Waals surface area contributed by atoms with Gasteiger partial charge in [-0.2, -0.15) is 0 Å². The highest BCUT2D eigenvalue weighted by Crippen LogP contribution is 2.59. The summed E-state index contributed by atoms with van der Waals surface area (Å²) < 4.78 is 5.62. The van der Waals surface area contributed by atoms with Gasteiger partial charge in [0, 0.05) is 0 Å². The first-order valence-electron chi connectivity index (χ1n) is 5.05. The normalized spacial score (nSPS) is 58.1. The summed E-state index contributed by atoms with van der Waals surface area (Å²) in [6.07, 6.45) is 7.26. The maximum absolute atomic E-state index is 5.62. The topological polar surface area (TPSA) is 12.5 Å². The van der Waals surface area contributed by atoms with Gasteiger partial charge in [-0.1, -0.05) is 19.8 Å². The molecule has 62 valence electrons. The van der Waals surface area contributed by atoms with Crippen LogP contribution in [0.3, 0.4) is 0 Å². The van der Waals surface area contributed by atoms with Gasteiger partial charge in [0.2, 0.25) is 0 Å². The second kappa shape index (κ2) is 2.01. The average molecular weight is 152 g/mol. The van der Waals surface area contributed by atoms with Crippen LogP contribution in [-0.4, -0.2) is 12.2 Å². The van der Waals surface area contributed by atoms with Crippen LogP contribution in [0.2, 0.25) is 0 Å². The molecule has 0 aromatic carbocycles. The Bertz CT molecular complexity index is 178. The molecule has 0 aromatic rings. The molecule has 1 nitrogen and oxygen atoms in total. The molecule has 3 aliphatic rings. The van der Waals surface area contributed by atoms with Gasteiger partial charge in [0.05, 0.1) is 12.2 Å². The highest BCUT2D eigenvalue weighted by molar-refractivity contribution is 5.10. The molecule has 3 fully saturated rings. The van der Waals surface area contributed by atoms with Gasteiger partial charge in [0.25, 0.3) is 0 Å². The molecule has 5 unspecified atom stereocenters. The minimum atomic E-state index is 0.727. The van der Waals surface area contributed by atoms with Crippen molar-refractivity contribution in [1.82, 2.24) is 0 Å². The molecule has 2 bridgehead atoms. The first-order chi connectivity index (χ1) is 5.40. The number of hydrogen-bond acceptors (Lipinski definition) is 1. The van der Waals surface area contributed by atoms with Crippen LogP contribution in [0.5, 0.6) is 0 Å². The predicted molar refractivity (Wildman–Crippen MR) is 43.3 cm³/mol. The van der Waals surface area contributed by atoms with Crippen LogP contribution in [-0.2, 0) is 4.74 Å². The minimum absolute atomic E-state index is 0.727. The van der Waals surface area contributed by atoms with Gasteiger partial charge >= 0.3 is 0 Å². The van der Waals surface area contributed by atoms with E-state index in [1.54, 1.807) is 0 Å². The molecule has 0 aromatic heterocycles. The van der Waals surface area contributed by atoms with Gasteiger partial charge in [0.15, 0.2) is 0 Å². The van der Waals surface area contributed by atoms with E-state index in [0.29, 0.717) is 0 Å². The number of epoxide rings is 1. The molecule has 3 rings (SSSR count). The molecular formula is C10H16O. The minimum Gasteiger partial charge on any atom is -0.369 e. The summed E-state index contributed by atoms with van der Waals surface area (Å²) in [5.74, 6) is 2.99. The Morgan fingerprint density at radius 3 is 2.82 bits per heavy atom. The number of ether oxygens (including phenoxy) is 1. The van der Waals surface area contributed by atoms with Crippen molar-refractivity contribution in [3.63, 3.8) is 0 Å². The number of hydrogen-bond donors (Lipinski definition) is 0. The molecule has 11 heavy (non-hydrogen) atoms. The zero-order valence-electron chi connectivity index (χ0n) is 7.12. The van der Waals surface area contributed by atoms with Crippen molar-refractivity contribution in [1.29, 1.82) is 0 Å². The lowest BCUT2D eigenvalue weighted by atomic mass is 9.86. The molecule has 1 heteroatoms. The zero-order chi connectivity index (χ0) is 7.42. The maximum atomic E-state index is 5.62. The Morgan fingerprint density at radius 2 is 2.18 bits per heavy atom. The Balaban J connectivity index is 1.73. The molecular weight excluding hydrogens is 136 g/mol. The molecule has 0 amide bonds. The lowest BCUT2D eigenvalue weighted by molar-refractivity contribution is 0.246. The summed E-state index contributed by atoms with van der Waals surface area (Å²) >= 11 is 0. The van der Waals surface area contributed by atoms with Crippen LogP contribution in [0.25, 0.3) is 0 Å². The summed E-state index contributed by atoms with van der Waals surface area (Å²) in [5, 5.41) is 0. The number of fused-ring (bicyclic) bond motifs is 5. The van der Waals surface area contributed by atoms with Crippen molar-refractivity contribution in [3.8, 4) is 0 Å². The molecule has 2 saturated carbocycles. The third-order valence-electron chi connectivity index (χ3n) is 3.89. The van der Waals surface area contributed by atoms with E-state index in [1.807, 2.05) is 0 Å². The van der Waals surface area contributed by atoms with Gasteiger partial charge in [-0.15, -0.1) is 0 Å². The molecule has 0 N–H and O–H groups in total. The monoisotopic (exact) mass is 152 g/mol. The molecule has 5 atom stereocenters. The fraction of sp³-hybridized carbons (Fsp3) is 1.00. The SMILES string of the molecule is CCCC1CC2CC1C1OC21. The summed E-state index contributed by atoms with van der Waals surface area (Å²) in [5.41, 5.74) is 0. The van der Waals surface area contributed by atoms with Gasteiger partial charge < -0.3 is 4.74 Å². The Labute approximate surface area is 68.1 Å². The molecule has 0 radical (unpaired) electrons. The van der Waals surface area contributed by atoms with Gasteiger partial charge in [-0.05, 0) is 30.6 Å². The third-order valence-corrected chi connectivity index (χ3v) is 3.89. The largest absolute Gasteiger partial charge is 0.369 e. The van der Waals surface area contributed by atoms with Gasteiger partial charge in [-0.3, -0.25) is 0 Å². The molecule has 0 spiro atoms. The van der Waals surface area contributed by atoms with E-state index in [-0.39, 0.29) is 0 Å². The summed E-state index contributed by atoms with van der Waals surface area (Å²) in [4.78, 5) is 0. The summed E-state index contributed by atoms with van der Waals surface area (Å²) in [6, 6.07) is 0. The van der Waals surface area contributed by atoms with Crippen molar-refractivity contribution in [3.05, 3.63) is 0 Å². The van der Waals surface area contributed by atoms with Crippen molar-refractivity contribution in [2.45, 2.75) is 44.8 Å². The summed E-state index contributed by atoms with van der Waals surface area (Å²) in [7, 11) is 0. The van der Waals surface area contributed by atoms with Crippen LogP contribution in [0.4, 0.5) is 0 Å². The molecule has 2 aliphatic carbocycles. The standard InChI is InChI=1S/C10H16O/c1-2-3-6-4-7-5-8(6)10-9(7)11-10/h6-10H,2-5H2,1H3. The van der Waals surface area contributed by atoms with Crippen LogP contribution >= 0.6 is 0 Å². The van der Waals surface area contributed by atoms with Crippen molar-refractivity contribution in [2.75, 3.05) is 0 Å². The van der Waals surface area contributed by atoms with Crippen LogP contribution in [0, 0.1) is 17.8 Å². The van der Waals surface area contributed by atoms with Crippen LogP contribution in [0.1, 0.15) is 32.6 Å². The lowest BCUT2D eigenvalue weighted by Crippen LogP contribution is -2.17. The Morgan fingerprint density at radius 1 is 1.27 bits per heavy atom. The van der Waals surface area contributed by atoms with Crippen molar-refractivity contribution < 1.29 is 4.74 Å². The first-order valence-corrected chi connectivity index (χ1v) is 5.05. The van der Waals surface area contributed by atoms with Gasteiger partial charge in [-0.25, -0.2) is 0 Å². The highest BCUT2D eigenvalue weighted by atomic mass is 16.6. The van der Waals surface area contributed by atoms with E-state index in [0.717, 1.165) is 30.0 Å². The molecule has 1 heterocycles. The van der Waals surface area contributed by atoms with E-state index in [9.17, 15) is 0 Å². The Kier molecular flexibility index (Phi) is 1.18. The second-order valence-corrected chi connectivity index (χ2v) is 4.51. The molecule has 1 saturated heterocycles. The lowest BCUT2D eigenvalue weighted by Gasteiger charge is -2.17. The first kappa shape index (κ1) is 6.47. The van der Waals surface area contributed by atoms with E-state index in [4.69, 9.17) is 4.74 Å². The fourth-order valence-corrected chi connectivity index (χ4v) is 3.44. The second-order valence-electron chi connectivity index (χ2n) is 4.51. The average Bonchev–Trinajstić information content (AvgIpc) is 2.62. The highest BCUT2D eigenvalue weighted by Gasteiger charge is 2.62. The maximum Gasteiger partial charge on any atom is 0.0875 e. The van der Waals surface area contributed by atoms with E-state index >= 15 is 0 Å². The summed E-state index contributed by atoms with van der Waals surface area (Å²) in [6.45, 7) is 2.30. The quantitative estimate of drug-likeness (QED) is 0.553. The Hall–Kier alpha value is -0.0400. The predicted octanol–water partition coefficient (Wildman–Crippen LogP) is 2.21.